The third-order valence-corrected chi connectivity index (χ3v) is 3.58. The average molecular weight is 227 g/mol. The summed E-state index contributed by atoms with van der Waals surface area (Å²) in [7, 11) is -3.27. The van der Waals surface area contributed by atoms with Crippen LogP contribution in [-0.4, -0.2) is 26.6 Å². The first-order valence-corrected chi connectivity index (χ1v) is 6.20. The summed E-state index contributed by atoms with van der Waals surface area (Å²) in [6.07, 6.45) is 0. The second-order valence-electron chi connectivity index (χ2n) is 3.11. The quantitative estimate of drug-likeness (QED) is 0.819. The van der Waals surface area contributed by atoms with Crippen LogP contribution >= 0.6 is 0 Å². The molecule has 1 N–H and O–H groups in total. The standard InChI is InChI=1S/C10H13NO3S/c1-9(12)11-7-8-15(13,14)10-5-3-2-4-6-10/h2-6H,7-8H2,1H3,(H,11,12). The second-order valence-corrected chi connectivity index (χ2v) is 5.22. The molecule has 0 heterocycles. The van der Waals surface area contributed by atoms with Crippen LogP contribution in [0, 0.1) is 0 Å². The molecule has 0 unspecified atom stereocenters. The van der Waals surface area contributed by atoms with E-state index in [2.05, 4.69) is 5.32 Å². The number of sulfone groups is 1. The fraction of sp³-hybridized carbons (Fsp3) is 0.300. The van der Waals surface area contributed by atoms with E-state index >= 15 is 0 Å². The largest absolute Gasteiger partial charge is 0.355 e. The Morgan fingerprint density at radius 1 is 1.27 bits per heavy atom. The molecule has 1 rings (SSSR count). The average Bonchev–Trinajstić information content (AvgIpc) is 2.18. The topological polar surface area (TPSA) is 63.2 Å². The fourth-order valence-corrected chi connectivity index (χ4v) is 2.29. The number of amides is 1. The van der Waals surface area contributed by atoms with E-state index in [4.69, 9.17) is 0 Å². The van der Waals surface area contributed by atoms with Crippen LogP contribution in [0.2, 0.25) is 0 Å². The first kappa shape index (κ1) is 11.7. The third-order valence-electron chi connectivity index (χ3n) is 1.85. The highest BCUT2D eigenvalue weighted by molar-refractivity contribution is 7.91. The molecule has 4 nitrogen and oxygen atoms in total. The summed E-state index contributed by atoms with van der Waals surface area (Å²) < 4.78 is 23.3. The maximum atomic E-state index is 11.7. The third kappa shape index (κ3) is 3.71. The smallest absolute Gasteiger partial charge is 0.216 e. The summed E-state index contributed by atoms with van der Waals surface area (Å²) in [5, 5.41) is 2.45. The Kier molecular flexibility index (Phi) is 3.85. The van der Waals surface area contributed by atoms with Crippen LogP contribution in [0.15, 0.2) is 35.2 Å². The number of nitrogens with one attached hydrogen (secondary N) is 1. The molecule has 0 fully saturated rings. The highest BCUT2D eigenvalue weighted by Crippen LogP contribution is 2.08. The van der Waals surface area contributed by atoms with Crippen molar-refractivity contribution in [3.05, 3.63) is 30.3 Å². The molecule has 0 atom stereocenters. The zero-order chi connectivity index (χ0) is 11.3. The molecule has 0 spiro atoms. The molecule has 0 bridgehead atoms. The number of hydrogen-bond donors (Lipinski definition) is 1. The van der Waals surface area contributed by atoms with Gasteiger partial charge in [-0.2, -0.15) is 0 Å². The molecule has 0 radical (unpaired) electrons. The van der Waals surface area contributed by atoms with Gasteiger partial charge >= 0.3 is 0 Å². The van der Waals surface area contributed by atoms with E-state index in [1.165, 1.54) is 6.92 Å². The number of hydrogen-bond acceptors (Lipinski definition) is 3. The van der Waals surface area contributed by atoms with Gasteiger partial charge in [0.1, 0.15) is 0 Å². The molecular formula is C10H13NO3S. The summed E-state index contributed by atoms with van der Waals surface area (Å²) in [5.74, 6) is -0.297. The van der Waals surface area contributed by atoms with Gasteiger partial charge in [0.2, 0.25) is 5.91 Å². The number of rotatable bonds is 4. The van der Waals surface area contributed by atoms with Crippen molar-refractivity contribution in [1.29, 1.82) is 0 Å². The first-order chi connectivity index (χ1) is 7.02. The van der Waals surface area contributed by atoms with Crippen molar-refractivity contribution in [3.8, 4) is 0 Å². The first-order valence-electron chi connectivity index (χ1n) is 4.54. The van der Waals surface area contributed by atoms with Crippen molar-refractivity contribution in [1.82, 2.24) is 5.32 Å². The predicted octanol–water partition coefficient (Wildman–Crippen LogP) is 0.596. The summed E-state index contributed by atoms with van der Waals surface area (Å²) in [5.41, 5.74) is 0. The van der Waals surface area contributed by atoms with Crippen LogP contribution in [0.3, 0.4) is 0 Å². The van der Waals surface area contributed by atoms with E-state index in [9.17, 15) is 13.2 Å². The molecule has 0 aliphatic heterocycles. The van der Waals surface area contributed by atoms with Gasteiger partial charge in [-0.25, -0.2) is 8.42 Å². The van der Waals surface area contributed by atoms with Gasteiger partial charge in [0.05, 0.1) is 10.6 Å². The van der Waals surface area contributed by atoms with Crippen molar-refractivity contribution in [3.63, 3.8) is 0 Å². The summed E-state index contributed by atoms with van der Waals surface area (Å²) in [6.45, 7) is 1.50. The van der Waals surface area contributed by atoms with Crippen LogP contribution in [0.1, 0.15) is 6.92 Å². The second kappa shape index (κ2) is 4.93. The van der Waals surface area contributed by atoms with Crippen LogP contribution in [0.4, 0.5) is 0 Å². The zero-order valence-corrected chi connectivity index (χ0v) is 9.25. The molecule has 5 heteroatoms. The van der Waals surface area contributed by atoms with Crippen molar-refractivity contribution < 1.29 is 13.2 Å². The lowest BCUT2D eigenvalue weighted by molar-refractivity contribution is -0.118. The highest BCUT2D eigenvalue weighted by atomic mass is 32.2. The van der Waals surface area contributed by atoms with Gasteiger partial charge < -0.3 is 5.32 Å². The van der Waals surface area contributed by atoms with E-state index in [0.29, 0.717) is 0 Å². The number of carbonyl (C=O) groups excluding carboxylic acids is 1. The van der Waals surface area contributed by atoms with Crippen LogP contribution < -0.4 is 5.32 Å². The fourth-order valence-electron chi connectivity index (χ4n) is 1.11. The SMILES string of the molecule is CC(=O)NCCS(=O)(=O)c1ccccc1. The molecule has 1 amide bonds. The Balaban J connectivity index is 2.65. The normalized spacial score (nSPS) is 11.0. The Labute approximate surface area is 89.2 Å². The van der Waals surface area contributed by atoms with Gasteiger partial charge in [0.25, 0.3) is 0 Å². The van der Waals surface area contributed by atoms with Crippen LogP contribution in [-0.2, 0) is 14.6 Å². The lowest BCUT2D eigenvalue weighted by Crippen LogP contribution is -2.26. The Bertz CT molecular complexity index is 425. The van der Waals surface area contributed by atoms with Gasteiger partial charge in [0.15, 0.2) is 9.84 Å². The van der Waals surface area contributed by atoms with Gasteiger partial charge in [-0.05, 0) is 12.1 Å². The molecule has 0 aromatic heterocycles. The van der Waals surface area contributed by atoms with Gasteiger partial charge in [-0.1, -0.05) is 18.2 Å². The maximum absolute atomic E-state index is 11.7. The lowest BCUT2D eigenvalue weighted by atomic mass is 10.4. The Morgan fingerprint density at radius 3 is 2.40 bits per heavy atom. The van der Waals surface area contributed by atoms with E-state index in [-0.39, 0.29) is 23.1 Å². The zero-order valence-electron chi connectivity index (χ0n) is 8.43. The predicted molar refractivity (Wildman–Crippen MR) is 57.2 cm³/mol. The van der Waals surface area contributed by atoms with Crippen molar-refractivity contribution >= 4 is 15.7 Å². The molecule has 0 aliphatic rings. The minimum absolute atomic E-state index is 0.0728. The van der Waals surface area contributed by atoms with Gasteiger partial charge in [-0.3, -0.25) is 4.79 Å². The molecule has 0 aliphatic carbocycles. The van der Waals surface area contributed by atoms with Crippen LogP contribution in [0.5, 0.6) is 0 Å². The van der Waals surface area contributed by atoms with Crippen LogP contribution in [0.25, 0.3) is 0 Å². The summed E-state index contributed by atoms with van der Waals surface area (Å²) in [6, 6.07) is 8.19. The molecule has 0 saturated heterocycles. The van der Waals surface area contributed by atoms with E-state index < -0.39 is 9.84 Å². The Hall–Kier alpha value is -1.36. The van der Waals surface area contributed by atoms with Gasteiger partial charge in [0, 0.05) is 13.5 Å². The van der Waals surface area contributed by atoms with E-state index in [1.807, 2.05) is 0 Å². The van der Waals surface area contributed by atoms with Crippen molar-refractivity contribution in [2.24, 2.45) is 0 Å². The minimum Gasteiger partial charge on any atom is -0.355 e. The maximum Gasteiger partial charge on any atom is 0.216 e. The number of carbonyl (C=O) groups is 1. The molecule has 0 saturated carbocycles. The molecule has 15 heavy (non-hydrogen) atoms. The minimum atomic E-state index is -3.27. The lowest BCUT2D eigenvalue weighted by Gasteiger charge is -2.04. The summed E-state index contributed by atoms with van der Waals surface area (Å²) in [4.78, 5) is 10.8. The molecule has 1 aromatic rings. The monoisotopic (exact) mass is 227 g/mol. The van der Waals surface area contributed by atoms with Crippen molar-refractivity contribution in [2.45, 2.75) is 11.8 Å². The summed E-state index contributed by atoms with van der Waals surface area (Å²) >= 11 is 0. The van der Waals surface area contributed by atoms with E-state index in [0.717, 1.165) is 0 Å². The van der Waals surface area contributed by atoms with Crippen molar-refractivity contribution in [2.75, 3.05) is 12.3 Å². The van der Waals surface area contributed by atoms with Gasteiger partial charge in [-0.15, -0.1) is 0 Å². The molecule has 1 aromatic carbocycles. The number of benzene rings is 1. The van der Waals surface area contributed by atoms with E-state index in [1.54, 1.807) is 30.3 Å². The highest BCUT2D eigenvalue weighted by Gasteiger charge is 2.12. The molecule has 82 valence electrons. The Morgan fingerprint density at radius 2 is 1.87 bits per heavy atom. The molecular weight excluding hydrogens is 214 g/mol.